The third-order valence-corrected chi connectivity index (χ3v) is 3.14. The molecule has 0 amide bonds. The van der Waals surface area contributed by atoms with Gasteiger partial charge in [-0.2, -0.15) is 0 Å². The first-order valence-electron chi connectivity index (χ1n) is 4.38. The van der Waals surface area contributed by atoms with Gasteiger partial charge in [0.25, 0.3) is 0 Å². The zero-order valence-corrected chi connectivity index (χ0v) is 9.94. The third kappa shape index (κ3) is 2.28. The molecule has 0 saturated carbocycles. The van der Waals surface area contributed by atoms with Crippen LogP contribution in [0.3, 0.4) is 0 Å². The van der Waals surface area contributed by atoms with Gasteiger partial charge < -0.3 is 0 Å². The normalized spacial score (nSPS) is 10.3. The topological polar surface area (TPSA) is 0 Å². The van der Waals surface area contributed by atoms with Gasteiger partial charge in [0.2, 0.25) is 0 Å². The minimum Gasteiger partial charge on any atom is -0.0843 e. The lowest BCUT2D eigenvalue weighted by Crippen LogP contribution is -1.80. The monoisotopic (exact) mass is 256 g/mol. The molecule has 3 heteroatoms. The van der Waals surface area contributed by atoms with Crippen molar-refractivity contribution < 1.29 is 0 Å². The van der Waals surface area contributed by atoms with E-state index in [0.29, 0.717) is 15.1 Å². The Hall–Kier alpha value is -0.690. The second-order valence-electron chi connectivity index (χ2n) is 3.11. The van der Waals surface area contributed by atoms with E-state index in [4.69, 9.17) is 34.8 Å². The lowest BCUT2D eigenvalue weighted by atomic mass is 10.1. The van der Waals surface area contributed by atoms with Gasteiger partial charge in [-0.15, -0.1) is 0 Å². The van der Waals surface area contributed by atoms with Gasteiger partial charge in [0.05, 0.1) is 10.0 Å². The lowest BCUT2D eigenvalue weighted by molar-refractivity contribution is 1.62. The molecule has 2 aromatic rings. The largest absolute Gasteiger partial charge is 0.0843 e. The summed E-state index contributed by atoms with van der Waals surface area (Å²) in [6.45, 7) is 0. The highest BCUT2D eigenvalue weighted by molar-refractivity contribution is 6.43. The summed E-state index contributed by atoms with van der Waals surface area (Å²) in [6, 6.07) is 13.1. The van der Waals surface area contributed by atoms with Gasteiger partial charge in [-0.1, -0.05) is 59.1 Å². The molecule has 0 aliphatic heterocycles. The first kappa shape index (κ1) is 10.8. The van der Waals surface area contributed by atoms with Gasteiger partial charge in [0.1, 0.15) is 0 Å². The van der Waals surface area contributed by atoms with Crippen LogP contribution in [0.4, 0.5) is 0 Å². The van der Waals surface area contributed by atoms with Gasteiger partial charge >= 0.3 is 0 Å². The van der Waals surface area contributed by atoms with Crippen LogP contribution in [0.25, 0.3) is 11.1 Å². The van der Waals surface area contributed by atoms with Gasteiger partial charge in [-0.05, 0) is 23.8 Å². The van der Waals surface area contributed by atoms with Crippen LogP contribution in [0.5, 0.6) is 0 Å². The number of benzene rings is 2. The maximum atomic E-state index is 6.11. The van der Waals surface area contributed by atoms with Crippen molar-refractivity contribution in [3.8, 4) is 11.1 Å². The quantitative estimate of drug-likeness (QED) is 0.649. The van der Waals surface area contributed by atoms with Gasteiger partial charge in [-0.25, -0.2) is 0 Å². The first-order valence-corrected chi connectivity index (χ1v) is 5.52. The molecule has 2 aromatic carbocycles. The van der Waals surface area contributed by atoms with E-state index in [-0.39, 0.29) is 0 Å². The molecule has 0 bridgehead atoms. The molecule has 76 valence electrons. The Kier molecular flexibility index (Phi) is 3.20. The molecule has 0 fully saturated rings. The molecule has 0 aromatic heterocycles. The molecule has 0 N–H and O–H groups in total. The summed E-state index contributed by atoms with van der Waals surface area (Å²) < 4.78 is 0. The van der Waals surface area contributed by atoms with Crippen molar-refractivity contribution in [2.45, 2.75) is 0 Å². The van der Waals surface area contributed by atoms with Gasteiger partial charge in [-0.3, -0.25) is 0 Å². The molecule has 15 heavy (non-hydrogen) atoms. The molecule has 0 atom stereocenters. The SMILES string of the molecule is Clc1cccc(-c2cccc(Cl)c2Cl)c1. The number of hydrogen-bond donors (Lipinski definition) is 0. The van der Waals surface area contributed by atoms with Crippen molar-refractivity contribution in [1.29, 1.82) is 0 Å². The Morgan fingerprint density at radius 2 is 1.53 bits per heavy atom. The van der Waals surface area contributed by atoms with E-state index in [9.17, 15) is 0 Å². The van der Waals surface area contributed by atoms with E-state index in [1.807, 2.05) is 36.4 Å². The van der Waals surface area contributed by atoms with Crippen LogP contribution < -0.4 is 0 Å². The Labute approximate surface area is 103 Å². The molecule has 0 unspecified atom stereocenters. The van der Waals surface area contributed by atoms with Crippen molar-refractivity contribution in [3.63, 3.8) is 0 Å². The smallest absolute Gasteiger partial charge is 0.0670 e. The standard InChI is InChI=1S/C12H7Cl3/c13-9-4-1-3-8(7-9)10-5-2-6-11(14)12(10)15/h1-7H. The minimum atomic E-state index is 0.550. The predicted molar refractivity (Wildman–Crippen MR) is 66.9 cm³/mol. The Morgan fingerprint density at radius 1 is 0.800 bits per heavy atom. The molecular weight excluding hydrogens is 250 g/mol. The molecule has 0 heterocycles. The number of halogens is 3. The molecule has 0 radical (unpaired) electrons. The number of hydrogen-bond acceptors (Lipinski definition) is 0. The highest BCUT2D eigenvalue weighted by atomic mass is 35.5. The summed E-state index contributed by atoms with van der Waals surface area (Å²) in [5, 5.41) is 1.79. The fraction of sp³-hybridized carbons (Fsp3) is 0. The summed E-state index contributed by atoms with van der Waals surface area (Å²) in [5.74, 6) is 0. The second-order valence-corrected chi connectivity index (χ2v) is 4.33. The van der Waals surface area contributed by atoms with E-state index in [0.717, 1.165) is 11.1 Å². The highest BCUT2D eigenvalue weighted by Crippen LogP contribution is 2.34. The minimum absolute atomic E-state index is 0.550. The average Bonchev–Trinajstić information content (AvgIpc) is 2.22. The Morgan fingerprint density at radius 3 is 2.27 bits per heavy atom. The summed E-state index contributed by atoms with van der Waals surface area (Å²) in [6.07, 6.45) is 0. The van der Waals surface area contributed by atoms with Crippen molar-refractivity contribution >= 4 is 34.8 Å². The lowest BCUT2D eigenvalue weighted by Gasteiger charge is -2.05. The summed E-state index contributed by atoms with van der Waals surface area (Å²) in [7, 11) is 0. The van der Waals surface area contributed by atoms with E-state index < -0.39 is 0 Å². The molecular formula is C12H7Cl3. The van der Waals surface area contributed by atoms with Crippen LogP contribution in [0, 0.1) is 0 Å². The average molecular weight is 258 g/mol. The fourth-order valence-corrected chi connectivity index (χ4v) is 1.98. The van der Waals surface area contributed by atoms with E-state index >= 15 is 0 Å². The van der Waals surface area contributed by atoms with E-state index in [1.165, 1.54) is 0 Å². The maximum absolute atomic E-state index is 6.11. The zero-order chi connectivity index (χ0) is 10.8. The fourth-order valence-electron chi connectivity index (χ4n) is 1.38. The van der Waals surface area contributed by atoms with Crippen LogP contribution in [-0.2, 0) is 0 Å². The highest BCUT2D eigenvalue weighted by Gasteiger charge is 2.06. The second kappa shape index (κ2) is 4.44. The van der Waals surface area contributed by atoms with Crippen molar-refractivity contribution in [1.82, 2.24) is 0 Å². The van der Waals surface area contributed by atoms with Crippen LogP contribution in [0.1, 0.15) is 0 Å². The first-order chi connectivity index (χ1) is 7.18. The third-order valence-electron chi connectivity index (χ3n) is 2.09. The van der Waals surface area contributed by atoms with Crippen molar-refractivity contribution in [2.24, 2.45) is 0 Å². The Bertz CT molecular complexity index is 492. The summed E-state index contributed by atoms with van der Waals surface area (Å²) in [5.41, 5.74) is 1.86. The van der Waals surface area contributed by atoms with E-state index in [1.54, 1.807) is 6.07 Å². The molecule has 0 aliphatic carbocycles. The van der Waals surface area contributed by atoms with Crippen LogP contribution in [0.2, 0.25) is 15.1 Å². The summed E-state index contributed by atoms with van der Waals surface area (Å²) in [4.78, 5) is 0. The van der Waals surface area contributed by atoms with Crippen LogP contribution >= 0.6 is 34.8 Å². The van der Waals surface area contributed by atoms with Gasteiger partial charge in [0, 0.05) is 10.6 Å². The Balaban J connectivity index is 2.59. The number of rotatable bonds is 1. The maximum Gasteiger partial charge on any atom is 0.0670 e. The molecule has 2 rings (SSSR count). The van der Waals surface area contributed by atoms with Crippen molar-refractivity contribution in [2.75, 3.05) is 0 Å². The predicted octanol–water partition coefficient (Wildman–Crippen LogP) is 5.31. The van der Waals surface area contributed by atoms with E-state index in [2.05, 4.69) is 0 Å². The molecule has 0 saturated heterocycles. The molecule has 0 spiro atoms. The molecule has 0 nitrogen and oxygen atoms in total. The van der Waals surface area contributed by atoms with Crippen molar-refractivity contribution in [3.05, 3.63) is 57.5 Å². The van der Waals surface area contributed by atoms with Crippen LogP contribution in [0.15, 0.2) is 42.5 Å². The molecule has 0 aliphatic rings. The summed E-state index contributed by atoms with van der Waals surface area (Å²) >= 11 is 18.0. The van der Waals surface area contributed by atoms with Crippen LogP contribution in [-0.4, -0.2) is 0 Å². The zero-order valence-electron chi connectivity index (χ0n) is 7.68. The van der Waals surface area contributed by atoms with Gasteiger partial charge in [0.15, 0.2) is 0 Å².